The summed E-state index contributed by atoms with van der Waals surface area (Å²) >= 11 is 0. The summed E-state index contributed by atoms with van der Waals surface area (Å²) in [7, 11) is 2.31. The summed E-state index contributed by atoms with van der Waals surface area (Å²) in [5.41, 5.74) is 2.61. The lowest BCUT2D eigenvalue weighted by Gasteiger charge is -2.28. The van der Waals surface area contributed by atoms with Crippen molar-refractivity contribution in [2.24, 2.45) is 13.0 Å². The number of ether oxygens (including phenoxy) is 4. The summed E-state index contributed by atoms with van der Waals surface area (Å²) in [5.74, 6) is 1.45. The Hall–Kier alpha value is -4.42. The summed E-state index contributed by atoms with van der Waals surface area (Å²) in [4.78, 5) is 12.2. The van der Waals surface area contributed by atoms with Crippen LogP contribution in [0.25, 0.3) is 11.3 Å². The standard InChI is InChI=1S/C33H38N4O7S/c1-36-30(32(34-35-36)23-13-16-26(17-14-23)44-28-10-8-9-24(19-28)33(38)43-4)22-37(45(39,40)29-11-6-5-7-12-29)21-25-15-18-27(41-2)20-31(25)42-3/h5-7,11-18,20,24,28H,8-10,19,21-22H2,1-4H3/t24-,28-/m0/s1. The maximum absolute atomic E-state index is 14.0. The van der Waals surface area contributed by atoms with Crippen molar-refractivity contribution in [3.8, 4) is 28.5 Å². The van der Waals surface area contributed by atoms with E-state index in [0.717, 1.165) is 24.8 Å². The molecule has 4 aromatic rings. The number of hydrogen-bond donors (Lipinski definition) is 0. The van der Waals surface area contributed by atoms with Gasteiger partial charge in [0.1, 0.15) is 22.9 Å². The Morgan fingerprint density at radius 3 is 2.36 bits per heavy atom. The van der Waals surface area contributed by atoms with Crippen molar-refractivity contribution in [2.75, 3.05) is 21.3 Å². The number of benzene rings is 3. The van der Waals surface area contributed by atoms with Crippen LogP contribution in [0.3, 0.4) is 0 Å². The molecule has 1 saturated carbocycles. The number of aryl methyl sites for hydroxylation is 1. The summed E-state index contributed by atoms with van der Waals surface area (Å²) in [5, 5.41) is 8.64. The molecule has 0 bridgehead atoms. The van der Waals surface area contributed by atoms with E-state index in [2.05, 4.69) is 10.3 Å². The zero-order valence-electron chi connectivity index (χ0n) is 25.9. The maximum atomic E-state index is 14.0. The first-order chi connectivity index (χ1) is 21.7. The van der Waals surface area contributed by atoms with Gasteiger partial charge in [0, 0.05) is 30.8 Å². The lowest BCUT2D eigenvalue weighted by Crippen LogP contribution is -2.31. The predicted molar refractivity (Wildman–Crippen MR) is 167 cm³/mol. The molecule has 0 N–H and O–H groups in total. The second-order valence-electron chi connectivity index (χ2n) is 10.9. The third-order valence-electron chi connectivity index (χ3n) is 8.08. The molecule has 0 saturated heterocycles. The number of sulfonamides is 1. The van der Waals surface area contributed by atoms with Crippen LogP contribution in [0.2, 0.25) is 0 Å². The Labute approximate surface area is 263 Å². The van der Waals surface area contributed by atoms with E-state index in [1.165, 1.54) is 18.5 Å². The molecule has 12 heteroatoms. The average Bonchev–Trinajstić information content (AvgIpc) is 3.44. The Morgan fingerprint density at radius 1 is 0.933 bits per heavy atom. The topological polar surface area (TPSA) is 122 Å². The molecule has 5 rings (SSSR count). The number of carbonyl (C=O) groups excluding carboxylic acids is 1. The van der Waals surface area contributed by atoms with E-state index >= 15 is 0 Å². The molecule has 1 aliphatic carbocycles. The first kappa shape index (κ1) is 32.0. The van der Waals surface area contributed by atoms with Gasteiger partial charge in [-0.3, -0.25) is 9.48 Å². The van der Waals surface area contributed by atoms with Gasteiger partial charge in [0.15, 0.2) is 0 Å². The van der Waals surface area contributed by atoms with Crippen molar-refractivity contribution in [2.45, 2.75) is 49.8 Å². The van der Waals surface area contributed by atoms with Crippen molar-refractivity contribution in [3.05, 3.63) is 84.1 Å². The van der Waals surface area contributed by atoms with Gasteiger partial charge in [0.05, 0.1) is 50.5 Å². The molecule has 1 aliphatic rings. The number of nitrogens with zero attached hydrogens (tertiary/aromatic N) is 4. The molecular formula is C33H38N4O7S. The van der Waals surface area contributed by atoms with Gasteiger partial charge in [0.25, 0.3) is 0 Å². The highest BCUT2D eigenvalue weighted by atomic mass is 32.2. The summed E-state index contributed by atoms with van der Waals surface area (Å²) < 4.78 is 53.1. The van der Waals surface area contributed by atoms with Crippen LogP contribution in [-0.2, 0) is 39.7 Å². The normalized spacial score (nSPS) is 16.7. The van der Waals surface area contributed by atoms with Crippen LogP contribution in [0.5, 0.6) is 17.2 Å². The fraction of sp³-hybridized carbons (Fsp3) is 0.364. The van der Waals surface area contributed by atoms with E-state index in [0.29, 0.717) is 40.6 Å². The van der Waals surface area contributed by atoms with Crippen molar-refractivity contribution in [3.63, 3.8) is 0 Å². The van der Waals surface area contributed by atoms with Gasteiger partial charge in [0.2, 0.25) is 10.0 Å². The number of aromatic nitrogens is 3. The largest absolute Gasteiger partial charge is 0.497 e. The molecule has 0 unspecified atom stereocenters. The van der Waals surface area contributed by atoms with Crippen molar-refractivity contribution < 1.29 is 32.2 Å². The lowest BCUT2D eigenvalue weighted by molar-refractivity contribution is -0.147. The second kappa shape index (κ2) is 14.1. The minimum absolute atomic E-state index is 0.000483. The number of rotatable bonds is 12. The quantitative estimate of drug-likeness (QED) is 0.198. The smallest absolute Gasteiger partial charge is 0.308 e. The Bertz CT molecular complexity index is 1710. The second-order valence-corrected chi connectivity index (χ2v) is 12.9. The Kier molecular flexibility index (Phi) is 10.0. The molecule has 1 heterocycles. The van der Waals surface area contributed by atoms with E-state index in [1.54, 1.807) is 67.4 Å². The fourth-order valence-electron chi connectivity index (χ4n) is 5.60. The highest BCUT2D eigenvalue weighted by Gasteiger charge is 2.30. The molecule has 0 radical (unpaired) electrons. The molecule has 1 aromatic heterocycles. The zero-order chi connectivity index (χ0) is 32.0. The molecule has 238 valence electrons. The van der Waals surface area contributed by atoms with Gasteiger partial charge in [-0.15, -0.1) is 5.10 Å². The molecule has 0 spiro atoms. The van der Waals surface area contributed by atoms with Crippen LogP contribution >= 0.6 is 0 Å². The van der Waals surface area contributed by atoms with Crippen LogP contribution < -0.4 is 14.2 Å². The van der Waals surface area contributed by atoms with Gasteiger partial charge in [-0.25, -0.2) is 8.42 Å². The summed E-state index contributed by atoms with van der Waals surface area (Å²) in [6.07, 6.45) is 3.12. The number of esters is 1. The van der Waals surface area contributed by atoms with Gasteiger partial charge < -0.3 is 18.9 Å². The van der Waals surface area contributed by atoms with Crippen LogP contribution in [0.4, 0.5) is 0 Å². The molecule has 45 heavy (non-hydrogen) atoms. The highest BCUT2D eigenvalue weighted by Crippen LogP contribution is 2.32. The van der Waals surface area contributed by atoms with Gasteiger partial charge in [-0.2, -0.15) is 4.31 Å². The third-order valence-corrected chi connectivity index (χ3v) is 9.89. The maximum Gasteiger partial charge on any atom is 0.308 e. The predicted octanol–water partition coefficient (Wildman–Crippen LogP) is 5.00. The van der Waals surface area contributed by atoms with Gasteiger partial charge >= 0.3 is 5.97 Å². The van der Waals surface area contributed by atoms with E-state index in [-0.39, 0.29) is 36.0 Å². The van der Waals surface area contributed by atoms with E-state index in [1.807, 2.05) is 24.3 Å². The SMILES string of the molecule is COC(=O)[C@H]1CCC[C@H](Oc2ccc(-c3nnn(C)c3CN(Cc3ccc(OC)cc3OC)S(=O)(=O)c3ccccc3)cc2)C1. The minimum Gasteiger partial charge on any atom is -0.497 e. The summed E-state index contributed by atoms with van der Waals surface area (Å²) in [6.45, 7) is 0.0379. The van der Waals surface area contributed by atoms with Gasteiger partial charge in [-0.1, -0.05) is 29.5 Å². The number of methoxy groups -OCH3 is 3. The Morgan fingerprint density at radius 2 is 1.67 bits per heavy atom. The van der Waals surface area contributed by atoms with Gasteiger partial charge in [-0.05, 0) is 68.1 Å². The van der Waals surface area contributed by atoms with Crippen LogP contribution in [-0.4, -0.2) is 61.1 Å². The first-order valence-corrected chi connectivity index (χ1v) is 16.2. The highest BCUT2D eigenvalue weighted by molar-refractivity contribution is 7.89. The first-order valence-electron chi connectivity index (χ1n) is 14.7. The van der Waals surface area contributed by atoms with Crippen molar-refractivity contribution in [1.29, 1.82) is 0 Å². The molecule has 3 aromatic carbocycles. The molecular weight excluding hydrogens is 596 g/mol. The fourth-order valence-corrected chi connectivity index (χ4v) is 7.00. The zero-order valence-corrected chi connectivity index (χ0v) is 26.7. The molecule has 0 amide bonds. The van der Waals surface area contributed by atoms with Crippen LogP contribution in [0, 0.1) is 5.92 Å². The molecule has 0 aliphatic heterocycles. The molecule has 2 atom stereocenters. The molecule has 11 nitrogen and oxygen atoms in total. The van der Waals surface area contributed by atoms with Crippen molar-refractivity contribution in [1.82, 2.24) is 19.3 Å². The van der Waals surface area contributed by atoms with E-state index in [9.17, 15) is 13.2 Å². The summed E-state index contributed by atoms with van der Waals surface area (Å²) in [6, 6.07) is 21.1. The monoisotopic (exact) mass is 634 g/mol. The Balaban J connectivity index is 1.42. The number of hydrogen-bond acceptors (Lipinski definition) is 9. The number of carbonyl (C=O) groups is 1. The average molecular weight is 635 g/mol. The lowest BCUT2D eigenvalue weighted by atomic mass is 9.87. The van der Waals surface area contributed by atoms with E-state index in [4.69, 9.17) is 18.9 Å². The van der Waals surface area contributed by atoms with Crippen LogP contribution in [0.15, 0.2) is 77.7 Å². The third kappa shape index (κ3) is 7.29. The minimum atomic E-state index is -3.94. The van der Waals surface area contributed by atoms with Crippen LogP contribution in [0.1, 0.15) is 36.9 Å². The molecule has 1 fully saturated rings. The van der Waals surface area contributed by atoms with E-state index < -0.39 is 10.0 Å². The van der Waals surface area contributed by atoms with Crippen molar-refractivity contribution >= 4 is 16.0 Å².